The van der Waals surface area contributed by atoms with Gasteiger partial charge in [0.05, 0.1) is 31.9 Å². The van der Waals surface area contributed by atoms with Crippen LogP contribution in [0.15, 0.2) is 18.2 Å². The quantitative estimate of drug-likeness (QED) is 0.827. The zero-order valence-electron chi connectivity index (χ0n) is 11.1. The number of benzene rings is 1. The highest BCUT2D eigenvalue weighted by Crippen LogP contribution is 2.24. The van der Waals surface area contributed by atoms with Crippen LogP contribution in [0.1, 0.15) is 24.2 Å². The highest BCUT2D eigenvalue weighted by Gasteiger charge is 2.22. The lowest BCUT2D eigenvalue weighted by molar-refractivity contribution is 0.0866. The van der Waals surface area contributed by atoms with Crippen molar-refractivity contribution in [3.63, 3.8) is 0 Å². The predicted octanol–water partition coefficient (Wildman–Crippen LogP) is 1.20. The first-order chi connectivity index (χ1) is 8.43. The van der Waals surface area contributed by atoms with Gasteiger partial charge in [-0.15, -0.1) is 0 Å². The van der Waals surface area contributed by atoms with E-state index in [1.165, 1.54) is 14.2 Å². The van der Waals surface area contributed by atoms with Crippen LogP contribution in [-0.4, -0.2) is 37.4 Å². The zero-order valence-corrected chi connectivity index (χ0v) is 11.1. The molecule has 0 radical (unpaired) electrons. The molecule has 0 saturated carbocycles. The van der Waals surface area contributed by atoms with E-state index in [1.807, 2.05) is 0 Å². The minimum atomic E-state index is -0.689. The maximum Gasteiger partial charge on any atom is 0.255 e. The number of carbonyl (C=O) groups is 1. The molecule has 5 heteroatoms. The third-order valence-electron chi connectivity index (χ3n) is 2.50. The molecule has 0 aliphatic carbocycles. The van der Waals surface area contributed by atoms with Crippen LogP contribution in [0.5, 0.6) is 11.5 Å². The summed E-state index contributed by atoms with van der Waals surface area (Å²) in [5, 5.41) is 11.9. The van der Waals surface area contributed by atoms with Gasteiger partial charge >= 0.3 is 0 Å². The minimum absolute atomic E-state index is 0.148. The molecule has 0 fully saturated rings. The van der Waals surface area contributed by atoms with Crippen LogP contribution in [-0.2, 0) is 0 Å². The fraction of sp³-hybridized carbons (Fsp3) is 0.462. The van der Waals surface area contributed by atoms with E-state index in [-0.39, 0.29) is 12.5 Å². The SMILES string of the molecule is COc1ccc(OC)c(C(=O)NC(C)(C)CO)c1. The second-order valence-corrected chi connectivity index (χ2v) is 4.56. The smallest absolute Gasteiger partial charge is 0.255 e. The van der Waals surface area contributed by atoms with Crippen molar-refractivity contribution in [3.8, 4) is 11.5 Å². The molecule has 0 saturated heterocycles. The van der Waals surface area contributed by atoms with Crippen molar-refractivity contribution in [1.82, 2.24) is 5.32 Å². The van der Waals surface area contributed by atoms with Crippen molar-refractivity contribution in [2.75, 3.05) is 20.8 Å². The molecular formula is C13H19NO4. The Morgan fingerprint density at radius 2 is 2.00 bits per heavy atom. The number of methoxy groups -OCH3 is 2. The van der Waals surface area contributed by atoms with Crippen LogP contribution in [0.25, 0.3) is 0 Å². The van der Waals surface area contributed by atoms with Gasteiger partial charge in [-0.25, -0.2) is 0 Å². The topological polar surface area (TPSA) is 67.8 Å². The normalized spacial score (nSPS) is 10.9. The molecule has 18 heavy (non-hydrogen) atoms. The van der Waals surface area contributed by atoms with E-state index in [4.69, 9.17) is 14.6 Å². The number of hydrogen-bond acceptors (Lipinski definition) is 4. The van der Waals surface area contributed by atoms with E-state index in [1.54, 1.807) is 32.0 Å². The van der Waals surface area contributed by atoms with Gasteiger partial charge in [-0.3, -0.25) is 4.79 Å². The van der Waals surface area contributed by atoms with Gasteiger partial charge in [0.15, 0.2) is 0 Å². The molecule has 1 aromatic carbocycles. The van der Waals surface area contributed by atoms with Crippen LogP contribution >= 0.6 is 0 Å². The first kappa shape index (κ1) is 14.3. The van der Waals surface area contributed by atoms with Crippen LogP contribution in [0.2, 0.25) is 0 Å². The summed E-state index contributed by atoms with van der Waals surface area (Å²) in [6.45, 7) is 3.32. The summed E-state index contributed by atoms with van der Waals surface area (Å²) in [5.74, 6) is 0.717. The molecule has 0 aliphatic rings. The lowest BCUT2D eigenvalue weighted by Crippen LogP contribution is -2.46. The van der Waals surface area contributed by atoms with Crippen molar-refractivity contribution in [2.45, 2.75) is 19.4 Å². The molecular weight excluding hydrogens is 234 g/mol. The van der Waals surface area contributed by atoms with Crippen molar-refractivity contribution in [1.29, 1.82) is 0 Å². The number of amides is 1. The van der Waals surface area contributed by atoms with E-state index in [0.29, 0.717) is 17.1 Å². The Labute approximate surface area is 107 Å². The Bertz CT molecular complexity index is 429. The van der Waals surface area contributed by atoms with Gasteiger partial charge in [0, 0.05) is 0 Å². The van der Waals surface area contributed by atoms with Crippen LogP contribution < -0.4 is 14.8 Å². The van der Waals surface area contributed by atoms with Gasteiger partial charge in [0.2, 0.25) is 0 Å². The summed E-state index contributed by atoms with van der Waals surface area (Å²) in [6.07, 6.45) is 0. The highest BCUT2D eigenvalue weighted by atomic mass is 16.5. The number of aliphatic hydroxyl groups is 1. The molecule has 0 aromatic heterocycles. The summed E-state index contributed by atoms with van der Waals surface area (Å²) in [7, 11) is 3.02. The van der Waals surface area contributed by atoms with Gasteiger partial charge in [0.1, 0.15) is 11.5 Å². The Morgan fingerprint density at radius 3 is 2.50 bits per heavy atom. The zero-order chi connectivity index (χ0) is 13.8. The highest BCUT2D eigenvalue weighted by molar-refractivity contribution is 5.97. The van der Waals surface area contributed by atoms with Gasteiger partial charge in [-0.1, -0.05) is 0 Å². The lowest BCUT2D eigenvalue weighted by atomic mass is 10.1. The molecule has 2 N–H and O–H groups in total. The second kappa shape index (κ2) is 5.73. The predicted molar refractivity (Wildman–Crippen MR) is 68.2 cm³/mol. The van der Waals surface area contributed by atoms with E-state index >= 15 is 0 Å². The molecule has 100 valence electrons. The average Bonchev–Trinajstić information content (AvgIpc) is 2.37. The van der Waals surface area contributed by atoms with Gasteiger partial charge < -0.3 is 19.9 Å². The number of carbonyl (C=O) groups excluding carboxylic acids is 1. The lowest BCUT2D eigenvalue weighted by Gasteiger charge is -2.24. The molecule has 1 aromatic rings. The molecule has 0 aliphatic heterocycles. The largest absolute Gasteiger partial charge is 0.497 e. The Balaban J connectivity index is 3.03. The van der Waals surface area contributed by atoms with Gasteiger partial charge in [-0.2, -0.15) is 0 Å². The van der Waals surface area contributed by atoms with Crippen molar-refractivity contribution in [2.24, 2.45) is 0 Å². The fourth-order valence-corrected chi connectivity index (χ4v) is 1.41. The monoisotopic (exact) mass is 253 g/mol. The number of ether oxygens (including phenoxy) is 2. The van der Waals surface area contributed by atoms with E-state index in [9.17, 15) is 4.79 Å². The summed E-state index contributed by atoms with van der Waals surface area (Å²) in [4.78, 5) is 12.1. The molecule has 0 unspecified atom stereocenters. The Morgan fingerprint density at radius 1 is 1.33 bits per heavy atom. The Hall–Kier alpha value is -1.75. The van der Waals surface area contributed by atoms with Crippen molar-refractivity contribution in [3.05, 3.63) is 23.8 Å². The molecule has 1 rings (SSSR count). The maximum atomic E-state index is 12.1. The van der Waals surface area contributed by atoms with Crippen molar-refractivity contribution >= 4 is 5.91 Å². The van der Waals surface area contributed by atoms with Crippen molar-refractivity contribution < 1.29 is 19.4 Å². The van der Waals surface area contributed by atoms with Crippen LogP contribution in [0.4, 0.5) is 0 Å². The molecule has 5 nitrogen and oxygen atoms in total. The third-order valence-corrected chi connectivity index (χ3v) is 2.50. The number of rotatable bonds is 5. The standard InChI is InChI=1S/C13H19NO4/c1-13(2,8-15)14-12(16)10-7-9(17-3)5-6-11(10)18-4/h5-7,15H,8H2,1-4H3,(H,14,16). The number of nitrogens with one attached hydrogen (secondary N) is 1. The van der Waals surface area contributed by atoms with Crippen LogP contribution in [0.3, 0.4) is 0 Å². The average molecular weight is 253 g/mol. The fourth-order valence-electron chi connectivity index (χ4n) is 1.41. The molecule has 1 amide bonds. The van der Waals surface area contributed by atoms with E-state index in [2.05, 4.69) is 5.32 Å². The van der Waals surface area contributed by atoms with E-state index in [0.717, 1.165) is 0 Å². The minimum Gasteiger partial charge on any atom is -0.497 e. The maximum absolute atomic E-state index is 12.1. The van der Waals surface area contributed by atoms with Crippen LogP contribution in [0, 0.1) is 0 Å². The first-order valence-electron chi connectivity index (χ1n) is 5.59. The molecule has 0 bridgehead atoms. The summed E-state index contributed by atoms with van der Waals surface area (Å²) in [5.41, 5.74) is -0.316. The van der Waals surface area contributed by atoms with Gasteiger partial charge in [-0.05, 0) is 32.0 Å². The third kappa shape index (κ3) is 3.37. The molecule has 0 spiro atoms. The molecule has 0 heterocycles. The van der Waals surface area contributed by atoms with Gasteiger partial charge in [0.25, 0.3) is 5.91 Å². The Kier molecular flexibility index (Phi) is 4.55. The summed E-state index contributed by atoms with van der Waals surface area (Å²) in [6, 6.07) is 4.98. The summed E-state index contributed by atoms with van der Waals surface area (Å²) < 4.78 is 10.2. The van der Waals surface area contributed by atoms with E-state index < -0.39 is 5.54 Å². The number of aliphatic hydroxyl groups excluding tert-OH is 1. The number of hydrogen-bond donors (Lipinski definition) is 2. The molecule has 0 atom stereocenters. The second-order valence-electron chi connectivity index (χ2n) is 4.56. The summed E-state index contributed by atoms with van der Waals surface area (Å²) >= 11 is 0. The first-order valence-corrected chi connectivity index (χ1v) is 5.59.